The van der Waals surface area contributed by atoms with Crippen molar-refractivity contribution < 1.29 is 0 Å². The summed E-state index contributed by atoms with van der Waals surface area (Å²) in [6.45, 7) is 0. The van der Waals surface area contributed by atoms with Gasteiger partial charge in [0, 0.05) is 10.9 Å². The highest BCUT2D eigenvalue weighted by molar-refractivity contribution is 6.25. The van der Waals surface area contributed by atoms with Crippen molar-refractivity contribution >= 4 is 59.8 Å². The number of para-hydroxylation sites is 1. The minimum atomic E-state index is -0.129. The van der Waals surface area contributed by atoms with Gasteiger partial charge in [-0.05, 0) is 73.8 Å². The molecule has 0 aliphatic heterocycles. The van der Waals surface area contributed by atoms with Gasteiger partial charge in [0.1, 0.15) is 5.82 Å². The van der Waals surface area contributed by atoms with Crippen LogP contribution in [0.3, 0.4) is 0 Å². The van der Waals surface area contributed by atoms with Crippen LogP contribution in [0.25, 0.3) is 82.3 Å². The van der Waals surface area contributed by atoms with Gasteiger partial charge in [0.05, 0.1) is 16.4 Å². The predicted octanol–water partition coefficient (Wildman–Crippen LogP) is 9.19. The van der Waals surface area contributed by atoms with Crippen LogP contribution in [0.15, 0.2) is 144 Å². The highest BCUT2D eigenvalue weighted by Gasteiger charge is 2.16. The predicted molar refractivity (Wildman–Crippen MR) is 178 cm³/mol. The van der Waals surface area contributed by atoms with Gasteiger partial charge in [0.2, 0.25) is 0 Å². The van der Waals surface area contributed by atoms with Crippen LogP contribution in [-0.4, -0.2) is 14.4 Å². The topological polar surface area (TPSA) is 47.3 Å². The largest absolute Gasteiger partial charge is 0.268 e. The minimum Gasteiger partial charge on any atom is -0.268 e. The molecular formula is C39H23N3O. The summed E-state index contributed by atoms with van der Waals surface area (Å²) in [4.78, 5) is 24.3. The molecule has 4 heteroatoms. The van der Waals surface area contributed by atoms with Crippen LogP contribution in [0, 0.1) is 0 Å². The summed E-state index contributed by atoms with van der Waals surface area (Å²) in [7, 11) is 0. The molecule has 0 radical (unpaired) electrons. The average molecular weight is 550 g/mol. The molecule has 0 atom stereocenters. The van der Waals surface area contributed by atoms with Crippen molar-refractivity contribution in [2.75, 3.05) is 0 Å². The van der Waals surface area contributed by atoms with Gasteiger partial charge in [-0.1, -0.05) is 109 Å². The molecule has 200 valence electrons. The van der Waals surface area contributed by atoms with Crippen LogP contribution >= 0.6 is 0 Å². The summed E-state index contributed by atoms with van der Waals surface area (Å²) in [5.74, 6) is 0.586. The summed E-state index contributed by atoms with van der Waals surface area (Å²) >= 11 is 0. The van der Waals surface area contributed by atoms with Crippen molar-refractivity contribution in [3.63, 3.8) is 0 Å². The van der Waals surface area contributed by atoms with Crippen molar-refractivity contribution in [2.24, 2.45) is 0 Å². The van der Waals surface area contributed by atoms with E-state index in [-0.39, 0.29) is 5.56 Å². The van der Waals surface area contributed by atoms with E-state index in [9.17, 15) is 4.79 Å². The molecule has 0 unspecified atom stereocenters. The number of fused-ring (bicyclic) bond motifs is 10. The monoisotopic (exact) mass is 549 g/mol. The SMILES string of the molecule is O=c1c2cc(-c3ccc4c5ccccc5c5ccccc5c4c3)ccc2nc2c3ccccc3nc(-c3ccccc3)n12. The van der Waals surface area contributed by atoms with Crippen molar-refractivity contribution in [1.82, 2.24) is 14.4 Å². The van der Waals surface area contributed by atoms with E-state index in [1.54, 1.807) is 4.40 Å². The Labute approximate surface area is 246 Å². The molecule has 43 heavy (non-hydrogen) atoms. The van der Waals surface area contributed by atoms with Crippen molar-refractivity contribution in [1.29, 1.82) is 0 Å². The maximum Gasteiger partial charge on any atom is 0.267 e. The number of hydrogen-bond acceptors (Lipinski definition) is 3. The van der Waals surface area contributed by atoms with E-state index in [0.717, 1.165) is 27.6 Å². The Kier molecular flexibility index (Phi) is 5.02. The van der Waals surface area contributed by atoms with E-state index in [4.69, 9.17) is 9.97 Å². The first-order valence-electron chi connectivity index (χ1n) is 14.4. The van der Waals surface area contributed by atoms with E-state index in [0.29, 0.717) is 22.4 Å². The molecule has 0 saturated carbocycles. The van der Waals surface area contributed by atoms with Gasteiger partial charge in [-0.15, -0.1) is 0 Å². The van der Waals surface area contributed by atoms with Crippen LogP contribution < -0.4 is 5.56 Å². The lowest BCUT2D eigenvalue weighted by atomic mass is 9.92. The van der Waals surface area contributed by atoms with Gasteiger partial charge in [0.25, 0.3) is 5.56 Å². The van der Waals surface area contributed by atoms with Crippen LogP contribution in [0.2, 0.25) is 0 Å². The first kappa shape index (κ1) is 23.8. The Hall–Kier alpha value is -5.87. The van der Waals surface area contributed by atoms with Crippen LogP contribution in [0.1, 0.15) is 0 Å². The smallest absolute Gasteiger partial charge is 0.267 e. The summed E-state index contributed by atoms with van der Waals surface area (Å²) in [5.41, 5.74) is 4.85. The van der Waals surface area contributed by atoms with E-state index < -0.39 is 0 Å². The van der Waals surface area contributed by atoms with Crippen LogP contribution in [0.4, 0.5) is 0 Å². The number of benzene rings is 7. The van der Waals surface area contributed by atoms with Gasteiger partial charge >= 0.3 is 0 Å². The van der Waals surface area contributed by atoms with Gasteiger partial charge in [-0.2, -0.15) is 0 Å². The van der Waals surface area contributed by atoms with E-state index in [1.165, 1.54) is 32.3 Å². The molecule has 7 aromatic carbocycles. The van der Waals surface area contributed by atoms with Crippen LogP contribution in [0.5, 0.6) is 0 Å². The molecule has 9 aromatic rings. The zero-order valence-electron chi connectivity index (χ0n) is 23.0. The summed E-state index contributed by atoms with van der Waals surface area (Å²) in [6, 6.07) is 47.5. The quantitative estimate of drug-likeness (QED) is 0.160. The fourth-order valence-electron chi connectivity index (χ4n) is 6.53. The molecule has 0 aliphatic rings. The second-order valence-corrected chi connectivity index (χ2v) is 11.0. The fraction of sp³-hybridized carbons (Fsp3) is 0. The standard InChI is InChI=1S/C39H23N3O/c43-39-34-23-26(25-18-20-31-29-14-5-4-12-27(29)28-13-6-7-15-30(28)33(31)22-25)19-21-36(34)41-38-32-16-8-9-17-35(32)40-37(42(38)39)24-10-2-1-3-11-24/h1-23H. The van der Waals surface area contributed by atoms with Crippen molar-refractivity contribution in [3.8, 4) is 22.5 Å². The number of rotatable bonds is 2. The maximum absolute atomic E-state index is 14.3. The molecule has 4 nitrogen and oxygen atoms in total. The fourth-order valence-corrected chi connectivity index (χ4v) is 6.53. The van der Waals surface area contributed by atoms with E-state index in [2.05, 4.69) is 72.8 Å². The number of aromatic nitrogens is 3. The van der Waals surface area contributed by atoms with Gasteiger partial charge in [-0.3, -0.25) is 4.79 Å². The first-order chi connectivity index (χ1) is 21.2. The Morgan fingerprint density at radius 1 is 0.395 bits per heavy atom. The third kappa shape index (κ3) is 3.53. The molecule has 0 bridgehead atoms. The Balaban J connectivity index is 1.32. The van der Waals surface area contributed by atoms with Crippen molar-refractivity contribution in [3.05, 3.63) is 150 Å². The highest BCUT2D eigenvalue weighted by Crippen LogP contribution is 2.37. The third-order valence-electron chi connectivity index (χ3n) is 8.56. The number of nitrogens with zero attached hydrogens (tertiary/aromatic N) is 3. The maximum atomic E-state index is 14.3. The lowest BCUT2D eigenvalue weighted by molar-refractivity contribution is 1.05. The molecule has 0 fully saturated rings. The molecular weight excluding hydrogens is 526 g/mol. The molecule has 0 amide bonds. The summed E-state index contributed by atoms with van der Waals surface area (Å²) in [5, 5.41) is 8.78. The minimum absolute atomic E-state index is 0.129. The van der Waals surface area contributed by atoms with Gasteiger partial charge in [0.15, 0.2) is 5.65 Å². The summed E-state index contributed by atoms with van der Waals surface area (Å²) < 4.78 is 1.67. The van der Waals surface area contributed by atoms with E-state index >= 15 is 0 Å². The van der Waals surface area contributed by atoms with Crippen LogP contribution in [-0.2, 0) is 0 Å². The molecule has 0 saturated heterocycles. The molecule has 0 N–H and O–H groups in total. The first-order valence-corrected chi connectivity index (χ1v) is 14.4. The second kappa shape index (κ2) is 9.07. The highest BCUT2D eigenvalue weighted by atomic mass is 16.1. The third-order valence-corrected chi connectivity index (χ3v) is 8.56. The summed E-state index contributed by atoms with van der Waals surface area (Å²) in [6.07, 6.45) is 0. The number of hydrogen-bond donors (Lipinski definition) is 0. The normalized spacial score (nSPS) is 11.8. The molecule has 0 spiro atoms. The lowest BCUT2D eigenvalue weighted by Gasteiger charge is -2.13. The lowest BCUT2D eigenvalue weighted by Crippen LogP contribution is -2.19. The zero-order valence-corrected chi connectivity index (χ0v) is 23.0. The Morgan fingerprint density at radius 2 is 0.907 bits per heavy atom. The molecule has 9 rings (SSSR count). The average Bonchev–Trinajstić information content (AvgIpc) is 3.08. The Bertz CT molecular complexity index is 2600. The molecule has 2 heterocycles. The van der Waals surface area contributed by atoms with E-state index in [1.807, 2.05) is 66.7 Å². The molecule has 2 aromatic heterocycles. The van der Waals surface area contributed by atoms with Gasteiger partial charge in [-0.25, -0.2) is 14.4 Å². The second-order valence-electron chi connectivity index (χ2n) is 11.0. The van der Waals surface area contributed by atoms with Crippen molar-refractivity contribution in [2.45, 2.75) is 0 Å². The van der Waals surface area contributed by atoms with Gasteiger partial charge < -0.3 is 0 Å². The molecule has 0 aliphatic carbocycles. The zero-order chi connectivity index (χ0) is 28.5. The Morgan fingerprint density at radius 3 is 1.60 bits per heavy atom.